The van der Waals surface area contributed by atoms with Crippen LogP contribution < -0.4 is 5.73 Å². The lowest BCUT2D eigenvalue weighted by molar-refractivity contribution is 0.0947. The molecule has 2 atom stereocenters. The van der Waals surface area contributed by atoms with Gasteiger partial charge in [-0.25, -0.2) is 0 Å². The number of hydrogen-bond donors (Lipinski definition) is 3. The third-order valence-corrected chi connectivity index (χ3v) is 2.02. The zero-order valence-corrected chi connectivity index (χ0v) is 7.64. The maximum atomic E-state index is 9.45. The van der Waals surface area contributed by atoms with Gasteiger partial charge < -0.3 is 15.9 Å². The molecule has 0 saturated carbocycles. The van der Waals surface area contributed by atoms with Crippen molar-refractivity contribution >= 4 is 0 Å². The summed E-state index contributed by atoms with van der Waals surface area (Å²) in [6, 6.07) is 7.20. The molecule has 0 fully saturated rings. The quantitative estimate of drug-likeness (QED) is 0.644. The van der Waals surface area contributed by atoms with Crippen molar-refractivity contribution in [3.05, 3.63) is 35.4 Å². The van der Waals surface area contributed by atoms with Gasteiger partial charge >= 0.3 is 0 Å². The van der Waals surface area contributed by atoms with Crippen LogP contribution in [0.2, 0.25) is 0 Å². The van der Waals surface area contributed by atoms with Crippen LogP contribution in [-0.2, 0) is 0 Å². The van der Waals surface area contributed by atoms with E-state index in [1.54, 1.807) is 6.07 Å². The van der Waals surface area contributed by atoms with Gasteiger partial charge in [-0.15, -0.1) is 0 Å². The van der Waals surface area contributed by atoms with Gasteiger partial charge in [0.25, 0.3) is 0 Å². The van der Waals surface area contributed by atoms with Gasteiger partial charge in [0.2, 0.25) is 0 Å². The van der Waals surface area contributed by atoms with E-state index in [0.29, 0.717) is 5.56 Å². The third kappa shape index (κ3) is 2.28. The third-order valence-electron chi connectivity index (χ3n) is 2.02. The molecule has 3 heteroatoms. The molecule has 0 aliphatic heterocycles. The Hall–Kier alpha value is -0.900. The molecule has 1 aromatic rings. The molecular formula is C10H15NO2. The summed E-state index contributed by atoms with van der Waals surface area (Å²) in [6.45, 7) is 1.58. The highest BCUT2D eigenvalue weighted by molar-refractivity contribution is 5.31. The molecule has 4 N–H and O–H groups in total. The first-order valence-corrected chi connectivity index (χ1v) is 4.30. The van der Waals surface area contributed by atoms with E-state index in [0.717, 1.165) is 5.56 Å². The summed E-state index contributed by atoms with van der Waals surface area (Å²) in [5.74, 6) is 0. The summed E-state index contributed by atoms with van der Waals surface area (Å²) in [5.41, 5.74) is 7.30. The van der Waals surface area contributed by atoms with Crippen LogP contribution >= 0.6 is 0 Å². The summed E-state index contributed by atoms with van der Waals surface area (Å²) in [5, 5.41) is 18.3. The minimum Gasteiger partial charge on any atom is -0.393 e. The van der Waals surface area contributed by atoms with E-state index in [1.165, 1.54) is 0 Å². The average molecular weight is 181 g/mol. The van der Waals surface area contributed by atoms with Crippen molar-refractivity contribution < 1.29 is 10.2 Å². The lowest BCUT2D eigenvalue weighted by Crippen LogP contribution is -2.12. The summed E-state index contributed by atoms with van der Waals surface area (Å²) < 4.78 is 0. The van der Waals surface area contributed by atoms with E-state index in [9.17, 15) is 5.11 Å². The van der Waals surface area contributed by atoms with Gasteiger partial charge in [-0.2, -0.15) is 0 Å². The topological polar surface area (TPSA) is 66.5 Å². The fourth-order valence-corrected chi connectivity index (χ4v) is 1.33. The van der Waals surface area contributed by atoms with E-state index in [-0.39, 0.29) is 12.6 Å². The molecule has 0 aliphatic carbocycles. The van der Waals surface area contributed by atoms with E-state index < -0.39 is 6.10 Å². The molecule has 72 valence electrons. The number of rotatable bonds is 3. The van der Waals surface area contributed by atoms with Crippen LogP contribution in [-0.4, -0.2) is 16.8 Å². The first-order chi connectivity index (χ1) is 6.16. The number of hydrogen-bond acceptors (Lipinski definition) is 3. The average Bonchev–Trinajstić information content (AvgIpc) is 2.16. The number of nitrogens with two attached hydrogens (primary N) is 1. The minimum absolute atomic E-state index is 0.127. The van der Waals surface area contributed by atoms with E-state index in [4.69, 9.17) is 10.8 Å². The van der Waals surface area contributed by atoms with Crippen LogP contribution in [0.25, 0.3) is 0 Å². The Morgan fingerprint density at radius 2 is 1.85 bits per heavy atom. The molecule has 3 nitrogen and oxygen atoms in total. The molecule has 1 rings (SSSR count). The minimum atomic E-state index is -0.831. The number of aliphatic hydroxyl groups is 2. The van der Waals surface area contributed by atoms with Crippen molar-refractivity contribution in [2.24, 2.45) is 5.73 Å². The Kier molecular flexibility index (Phi) is 3.42. The maximum absolute atomic E-state index is 9.45. The second kappa shape index (κ2) is 4.37. The molecule has 13 heavy (non-hydrogen) atoms. The summed E-state index contributed by atoms with van der Waals surface area (Å²) in [7, 11) is 0. The van der Waals surface area contributed by atoms with Crippen LogP contribution in [0.15, 0.2) is 24.3 Å². The van der Waals surface area contributed by atoms with Gasteiger partial charge in [-0.05, 0) is 18.1 Å². The lowest BCUT2D eigenvalue weighted by atomic mass is 9.98. The molecule has 2 unspecified atom stereocenters. The Morgan fingerprint density at radius 3 is 2.31 bits per heavy atom. The number of benzene rings is 1. The van der Waals surface area contributed by atoms with E-state index in [2.05, 4.69) is 0 Å². The maximum Gasteiger partial charge on any atom is 0.102 e. The fraction of sp³-hybridized carbons (Fsp3) is 0.400. The van der Waals surface area contributed by atoms with Gasteiger partial charge in [-0.3, -0.25) is 0 Å². The van der Waals surface area contributed by atoms with E-state index in [1.807, 2.05) is 25.1 Å². The first-order valence-electron chi connectivity index (χ1n) is 4.30. The van der Waals surface area contributed by atoms with Crippen LogP contribution in [0.3, 0.4) is 0 Å². The smallest absolute Gasteiger partial charge is 0.102 e. The van der Waals surface area contributed by atoms with Crippen molar-refractivity contribution in [3.8, 4) is 0 Å². The van der Waals surface area contributed by atoms with Crippen molar-refractivity contribution in [3.63, 3.8) is 0 Å². The molecule has 0 amide bonds. The van der Waals surface area contributed by atoms with Crippen molar-refractivity contribution in [2.45, 2.75) is 19.1 Å². The second-order valence-electron chi connectivity index (χ2n) is 3.12. The molecule has 0 saturated heterocycles. The molecule has 0 bridgehead atoms. The standard InChI is InChI=1S/C10H15NO2/c1-7(11)8-4-2-3-5-9(8)10(13)6-12/h2-5,7,10,12-13H,6,11H2,1H3. The highest BCUT2D eigenvalue weighted by Gasteiger charge is 2.12. The highest BCUT2D eigenvalue weighted by Crippen LogP contribution is 2.21. The summed E-state index contributed by atoms with van der Waals surface area (Å²) in [4.78, 5) is 0. The van der Waals surface area contributed by atoms with E-state index >= 15 is 0 Å². The monoisotopic (exact) mass is 181 g/mol. The van der Waals surface area contributed by atoms with Gasteiger partial charge in [-0.1, -0.05) is 24.3 Å². The fourth-order valence-electron chi connectivity index (χ4n) is 1.33. The van der Waals surface area contributed by atoms with Crippen molar-refractivity contribution in [1.82, 2.24) is 0 Å². The van der Waals surface area contributed by atoms with Crippen LogP contribution in [0, 0.1) is 0 Å². The molecule has 1 aromatic carbocycles. The number of aliphatic hydroxyl groups excluding tert-OH is 2. The van der Waals surface area contributed by atoms with Crippen LogP contribution in [0.4, 0.5) is 0 Å². The normalized spacial score (nSPS) is 15.4. The molecule has 0 radical (unpaired) electrons. The van der Waals surface area contributed by atoms with Crippen molar-refractivity contribution in [2.75, 3.05) is 6.61 Å². The Labute approximate surface area is 77.8 Å². The Balaban J connectivity index is 3.04. The first kappa shape index (κ1) is 10.2. The zero-order chi connectivity index (χ0) is 9.84. The predicted octanol–water partition coefficient (Wildman–Crippen LogP) is 0.732. The molecular weight excluding hydrogens is 166 g/mol. The largest absolute Gasteiger partial charge is 0.393 e. The van der Waals surface area contributed by atoms with Gasteiger partial charge in [0.1, 0.15) is 6.10 Å². The Morgan fingerprint density at radius 1 is 1.31 bits per heavy atom. The van der Waals surface area contributed by atoms with Crippen LogP contribution in [0.5, 0.6) is 0 Å². The molecule has 0 aliphatic rings. The van der Waals surface area contributed by atoms with Crippen molar-refractivity contribution in [1.29, 1.82) is 0 Å². The molecule has 0 aromatic heterocycles. The zero-order valence-electron chi connectivity index (χ0n) is 7.64. The lowest BCUT2D eigenvalue weighted by Gasteiger charge is -2.15. The summed E-state index contributed by atoms with van der Waals surface area (Å²) in [6.07, 6.45) is -0.831. The second-order valence-corrected chi connectivity index (χ2v) is 3.12. The molecule has 0 heterocycles. The Bertz CT molecular complexity index is 273. The molecule has 0 spiro atoms. The van der Waals surface area contributed by atoms with Crippen LogP contribution in [0.1, 0.15) is 30.2 Å². The predicted molar refractivity (Wildman–Crippen MR) is 51.1 cm³/mol. The highest BCUT2D eigenvalue weighted by atomic mass is 16.3. The SMILES string of the molecule is CC(N)c1ccccc1C(O)CO. The summed E-state index contributed by atoms with van der Waals surface area (Å²) >= 11 is 0. The van der Waals surface area contributed by atoms with Gasteiger partial charge in [0.05, 0.1) is 6.61 Å². The van der Waals surface area contributed by atoms with Gasteiger partial charge in [0.15, 0.2) is 0 Å². The van der Waals surface area contributed by atoms with Gasteiger partial charge in [0, 0.05) is 6.04 Å².